The number of nitrogens with zero attached hydrogens (tertiary/aromatic N) is 4. The highest BCUT2D eigenvalue weighted by atomic mass is 79.9. The number of aryl methyl sites for hydroxylation is 1. The fourth-order valence-electron chi connectivity index (χ4n) is 5.68. The molecule has 1 aromatic heterocycles. The number of amides is 1. The van der Waals surface area contributed by atoms with Crippen LogP contribution in [-0.2, 0) is 18.3 Å². The number of unbranched alkanes of at least 4 members (excludes halogenated alkanes) is 1. The zero-order chi connectivity index (χ0) is 30.2. The number of halogens is 1. The van der Waals surface area contributed by atoms with Crippen LogP contribution in [0.5, 0.6) is 0 Å². The Morgan fingerprint density at radius 2 is 1.49 bits per heavy atom. The van der Waals surface area contributed by atoms with Gasteiger partial charge in [-0.15, -0.1) is 0 Å². The van der Waals surface area contributed by atoms with Gasteiger partial charge in [-0.25, -0.2) is 4.98 Å². The fraction of sp³-hybridized carbons (Fsp3) is 0.343. The van der Waals surface area contributed by atoms with Gasteiger partial charge in [0.2, 0.25) is 5.91 Å². The van der Waals surface area contributed by atoms with Crippen LogP contribution < -0.4 is 5.56 Å². The number of benzene rings is 3. The molecule has 6 nitrogen and oxygen atoms in total. The molecule has 2 heterocycles. The highest BCUT2D eigenvalue weighted by Gasteiger charge is 2.28. The molecule has 0 unspecified atom stereocenters. The van der Waals surface area contributed by atoms with Crippen molar-refractivity contribution < 1.29 is 4.79 Å². The first-order valence-corrected chi connectivity index (χ1v) is 16.7. The number of aromatic nitrogens is 2. The Morgan fingerprint density at radius 3 is 2.09 bits per heavy atom. The average molecular weight is 660 g/mol. The number of carbonyl (C=O) groups is 1. The molecule has 4 aromatic rings. The predicted octanol–water partition coefficient (Wildman–Crippen LogP) is 6.64. The lowest BCUT2D eigenvalue weighted by Gasteiger charge is -2.40. The number of hydrogen-bond acceptors (Lipinski definition) is 5. The van der Waals surface area contributed by atoms with Crippen LogP contribution in [-0.4, -0.2) is 57.2 Å². The van der Waals surface area contributed by atoms with Gasteiger partial charge in [-0.1, -0.05) is 100 Å². The molecule has 224 valence electrons. The zero-order valence-corrected chi connectivity index (χ0v) is 27.3. The lowest BCUT2D eigenvalue weighted by atomic mass is 9.96. The fourth-order valence-corrected chi connectivity index (χ4v) is 6.96. The van der Waals surface area contributed by atoms with Gasteiger partial charge in [0.15, 0.2) is 5.16 Å². The minimum absolute atomic E-state index is 0.00834. The van der Waals surface area contributed by atoms with Gasteiger partial charge in [0, 0.05) is 67.6 Å². The molecule has 5 rings (SSSR count). The number of carbonyl (C=O) groups excluding carboxylic acids is 1. The lowest BCUT2D eigenvalue weighted by molar-refractivity contribution is -0.133. The molecule has 0 radical (unpaired) electrons. The summed E-state index contributed by atoms with van der Waals surface area (Å²) >= 11 is 5.05. The normalized spacial score (nSPS) is 13.9. The van der Waals surface area contributed by atoms with Crippen LogP contribution in [0.3, 0.4) is 0 Å². The van der Waals surface area contributed by atoms with E-state index in [-0.39, 0.29) is 17.5 Å². The van der Waals surface area contributed by atoms with Crippen molar-refractivity contribution in [3.05, 3.63) is 128 Å². The Hall–Kier alpha value is -3.20. The van der Waals surface area contributed by atoms with Crippen molar-refractivity contribution in [3.63, 3.8) is 0 Å². The van der Waals surface area contributed by atoms with Gasteiger partial charge in [-0.05, 0) is 48.6 Å². The van der Waals surface area contributed by atoms with Crippen molar-refractivity contribution in [2.45, 2.75) is 43.8 Å². The summed E-state index contributed by atoms with van der Waals surface area (Å²) in [5, 5.41) is 0.732. The van der Waals surface area contributed by atoms with Gasteiger partial charge in [-0.3, -0.25) is 19.1 Å². The second-order valence-electron chi connectivity index (χ2n) is 11.1. The average Bonchev–Trinajstić information content (AvgIpc) is 3.04. The van der Waals surface area contributed by atoms with E-state index < -0.39 is 0 Å². The van der Waals surface area contributed by atoms with Crippen molar-refractivity contribution in [3.8, 4) is 0 Å². The third-order valence-corrected chi connectivity index (χ3v) is 9.77. The van der Waals surface area contributed by atoms with Crippen molar-refractivity contribution >= 4 is 33.6 Å². The third kappa shape index (κ3) is 8.05. The summed E-state index contributed by atoms with van der Waals surface area (Å²) in [5.41, 5.74) is 5.18. The van der Waals surface area contributed by atoms with E-state index in [1.54, 1.807) is 23.4 Å². The molecule has 1 saturated heterocycles. The quantitative estimate of drug-likeness (QED) is 0.103. The lowest BCUT2D eigenvalue weighted by Crippen LogP contribution is -2.49. The van der Waals surface area contributed by atoms with Crippen LogP contribution in [0.1, 0.15) is 53.3 Å². The Balaban J connectivity index is 1.08. The number of thioether (sulfide) groups is 1. The summed E-state index contributed by atoms with van der Waals surface area (Å²) in [4.78, 5) is 35.4. The van der Waals surface area contributed by atoms with E-state index in [2.05, 4.69) is 81.5 Å². The molecule has 43 heavy (non-hydrogen) atoms. The molecule has 0 atom stereocenters. The smallest absolute Gasteiger partial charge is 0.257 e. The largest absolute Gasteiger partial charge is 0.340 e. The van der Waals surface area contributed by atoms with Crippen molar-refractivity contribution in [1.82, 2.24) is 19.4 Å². The molecule has 0 spiro atoms. The van der Waals surface area contributed by atoms with Crippen molar-refractivity contribution in [1.29, 1.82) is 0 Å². The van der Waals surface area contributed by atoms with Crippen molar-refractivity contribution in [2.24, 2.45) is 7.05 Å². The van der Waals surface area contributed by atoms with E-state index in [1.807, 2.05) is 36.1 Å². The van der Waals surface area contributed by atoms with Crippen LogP contribution in [0, 0.1) is 6.92 Å². The molecule has 3 aromatic carbocycles. The summed E-state index contributed by atoms with van der Waals surface area (Å²) in [7, 11) is 1.80. The molecule has 1 amide bonds. The third-order valence-electron chi connectivity index (χ3n) is 8.12. The molecule has 0 N–H and O–H groups in total. The Kier molecular flexibility index (Phi) is 10.9. The van der Waals surface area contributed by atoms with E-state index >= 15 is 0 Å². The minimum Gasteiger partial charge on any atom is -0.340 e. The summed E-state index contributed by atoms with van der Waals surface area (Å²) in [6, 6.07) is 29.5. The van der Waals surface area contributed by atoms with Gasteiger partial charge in [0.25, 0.3) is 5.56 Å². The summed E-state index contributed by atoms with van der Waals surface area (Å²) in [5.74, 6) is 1.06. The highest BCUT2D eigenvalue weighted by Crippen LogP contribution is 2.29. The van der Waals surface area contributed by atoms with E-state index in [9.17, 15) is 9.59 Å². The second-order valence-corrected chi connectivity index (χ2v) is 13.0. The molecule has 0 aliphatic carbocycles. The summed E-state index contributed by atoms with van der Waals surface area (Å²) < 4.78 is 2.68. The van der Waals surface area contributed by atoms with Crippen LogP contribution in [0.2, 0.25) is 0 Å². The molecular formula is C35H39BrN4O2S. The predicted molar refractivity (Wildman–Crippen MR) is 179 cm³/mol. The molecule has 1 aliphatic rings. The zero-order valence-electron chi connectivity index (χ0n) is 24.9. The van der Waals surface area contributed by atoms with Crippen LogP contribution >= 0.6 is 27.7 Å². The summed E-state index contributed by atoms with van der Waals surface area (Å²) in [6.07, 6.45) is 2.85. The van der Waals surface area contributed by atoms with Gasteiger partial charge in [-0.2, -0.15) is 0 Å². The Morgan fingerprint density at radius 1 is 0.884 bits per heavy atom. The van der Waals surface area contributed by atoms with Gasteiger partial charge in [0.05, 0.1) is 6.04 Å². The Bertz CT molecular complexity index is 1510. The maximum absolute atomic E-state index is 13.1. The SMILES string of the molecule is Cc1nc(SCCCCC(=O)N2CCN(C(c3ccccc3)c3ccccc3)CC2)n(C)c(=O)c1Cc1ccc(Br)cc1. The van der Waals surface area contributed by atoms with Crippen LogP contribution in [0.4, 0.5) is 0 Å². The van der Waals surface area contributed by atoms with Crippen molar-refractivity contribution in [2.75, 3.05) is 31.9 Å². The maximum atomic E-state index is 13.1. The second kappa shape index (κ2) is 15.0. The maximum Gasteiger partial charge on any atom is 0.257 e. The first kappa shape index (κ1) is 31.2. The Labute approximate surface area is 267 Å². The van der Waals surface area contributed by atoms with Crippen LogP contribution in [0.25, 0.3) is 0 Å². The minimum atomic E-state index is 0.00834. The van der Waals surface area contributed by atoms with Gasteiger partial charge >= 0.3 is 0 Å². The standard InChI is InChI=1S/C35H39BrN4O2S/c1-26-31(25-27-16-18-30(36)19-17-27)34(42)38(2)35(37-26)43-24-10-9-15-32(41)39-20-22-40(23-21-39)33(28-11-5-3-6-12-28)29-13-7-4-8-14-29/h3-8,11-14,16-19,33H,9-10,15,20-25H2,1-2H3. The molecular weight excluding hydrogens is 620 g/mol. The van der Waals surface area contributed by atoms with E-state index in [0.717, 1.165) is 71.2 Å². The topological polar surface area (TPSA) is 58.4 Å². The molecule has 0 saturated carbocycles. The van der Waals surface area contributed by atoms with Crippen LogP contribution in [0.15, 0.2) is 99.4 Å². The molecule has 1 fully saturated rings. The highest BCUT2D eigenvalue weighted by molar-refractivity contribution is 9.10. The molecule has 8 heteroatoms. The number of hydrogen-bond donors (Lipinski definition) is 0. The summed E-state index contributed by atoms with van der Waals surface area (Å²) in [6.45, 7) is 5.13. The van der Waals surface area contributed by atoms with Gasteiger partial charge < -0.3 is 4.90 Å². The first-order chi connectivity index (χ1) is 20.9. The monoisotopic (exact) mass is 658 g/mol. The first-order valence-electron chi connectivity index (χ1n) is 15.0. The molecule has 1 aliphatic heterocycles. The van der Waals surface area contributed by atoms with Gasteiger partial charge in [0.1, 0.15) is 0 Å². The van der Waals surface area contributed by atoms with E-state index in [4.69, 9.17) is 4.98 Å². The number of rotatable bonds is 11. The number of piperazine rings is 1. The van der Waals surface area contributed by atoms with E-state index in [1.165, 1.54) is 11.1 Å². The molecule has 0 bridgehead atoms. The van der Waals surface area contributed by atoms with E-state index in [0.29, 0.717) is 12.8 Å².